The van der Waals surface area contributed by atoms with E-state index in [-0.39, 0.29) is 6.04 Å². The Bertz CT molecular complexity index is 608. The number of nitrogens with two attached hydrogens (primary N) is 1. The first-order chi connectivity index (χ1) is 9.51. The molecule has 0 aromatic heterocycles. The molecule has 2 rings (SSSR count). The lowest BCUT2D eigenvalue weighted by Crippen LogP contribution is -2.21. The third-order valence-electron chi connectivity index (χ3n) is 3.55. The highest BCUT2D eigenvalue weighted by Crippen LogP contribution is 2.25. The predicted molar refractivity (Wildman–Crippen MR) is 87.5 cm³/mol. The first-order valence-corrected chi connectivity index (χ1v) is 7.19. The summed E-state index contributed by atoms with van der Waals surface area (Å²) in [5.74, 6) is 0. The SMILES string of the molecule is Cc1ccc(C(CN)Nc2ccc(C)c(Cl)c2)c(C)c1. The lowest BCUT2D eigenvalue weighted by Gasteiger charge is -2.21. The predicted octanol–water partition coefficient (Wildman–Crippen LogP) is 4.38. The Morgan fingerprint density at radius 3 is 2.40 bits per heavy atom. The van der Waals surface area contributed by atoms with Crippen LogP contribution in [-0.2, 0) is 0 Å². The zero-order valence-corrected chi connectivity index (χ0v) is 13.0. The highest BCUT2D eigenvalue weighted by Gasteiger charge is 2.12. The molecule has 2 aromatic rings. The minimum Gasteiger partial charge on any atom is -0.377 e. The van der Waals surface area contributed by atoms with Gasteiger partial charge in [0, 0.05) is 17.3 Å². The molecule has 0 aliphatic heterocycles. The van der Waals surface area contributed by atoms with E-state index in [4.69, 9.17) is 17.3 Å². The molecular weight excluding hydrogens is 268 g/mol. The number of anilines is 1. The van der Waals surface area contributed by atoms with Crippen molar-refractivity contribution in [2.75, 3.05) is 11.9 Å². The first kappa shape index (κ1) is 14.9. The maximum absolute atomic E-state index is 6.17. The van der Waals surface area contributed by atoms with E-state index in [1.54, 1.807) is 0 Å². The van der Waals surface area contributed by atoms with Crippen LogP contribution in [0.3, 0.4) is 0 Å². The average Bonchev–Trinajstić information content (AvgIpc) is 2.41. The lowest BCUT2D eigenvalue weighted by atomic mass is 9.99. The second-order valence-corrected chi connectivity index (χ2v) is 5.66. The molecule has 0 fully saturated rings. The Balaban J connectivity index is 2.26. The summed E-state index contributed by atoms with van der Waals surface area (Å²) in [7, 11) is 0. The van der Waals surface area contributed by atoms with E-state index in [1.807, 2.05) is 25.1 Å². The summed E-state index contributed by atoms with van der Waals surface area (Å²) >= 11 is 6.17. The number of aryl methyl sites for hydroxylation is 3. The Morgan fingerprint density at radius 2 is 1.80 bits per heavy atom. The molecule has 20 heavy (non-hydrogen) atoms. The smallest absolute Gasteiger partial charge is 0.0638 e. The van der Waals surface area contributed by atoms with Gasteiger partial charge < -0.3 is 11.1 Å². The van der Waals surface area contributed by atoms with Crippen molar-refractivity contribution < 1.29 is 0 Å². The molecule has 0 radical (unpaired) electrons. The first-order valence-electron chi connectivity index (χ1n) is 6.81. The molecule has 0 bridgehead atoms. The molecule has 1 atom stereocenters. The van der Waals surface area contributed by atoms with Gasteiger partial charge in [-0.3, -0.25) is 0 Å². The number of hydrogen-bond donors (Lipinski definition) is 2. The van der Waals surface area contributed by atoms with Crippen molar-refractivity contribution >= 4 is 17.3 Å². The minimum atomic E-state index is 0.0920. The maximum Gasteiger partial charge on any atom is 0.0638 e. The van der Waals surface area contributed by atoms with Crippen LogP contribution in [0.1, 0.15) is 28.3 Å². The third-order valence-corrected chi connectivity index (χ3v) is 3.96. The number of halogens is 1. The second-order valence-electron chi connectivity index (χ2n) is 5.26. The van der Waals surface area contributed by atoms with Crippen molar-refractivity contribution in [3.8, 4) is 0 Å². The van der Waals surface area contributed by atoms with Gasteiger partial charge in [0.25, 0.3) is 0 Å². The topological polar surface area (TPSA) is 38.0 Å². The summed E-state index contributed by atoms with van der Waals surface area (Å²) in [6.07, 6.45) is 0. The van der Waals surface area contributed by atoms with Crippen molar-refractivity contribution in [2.45, 2.75) is 26.8 Å². The monoisotopic (exact) mass is 288 g/mol. The lowest BCUT2D eigenvalue weighted by molar-refractivity contribution is 0.783. The quantitative estimate of drug-likeness (QED) is 0.876. The molecule has 0 saturated carbocycles. The Morgan fingerprint density at radius 1 is 1.05 bits per heavy atom. The fourth-order valence-electron chi connectivity index (χ4n) is 2.36. The van der Waals surface area contributed by atoms with Crippen molar-refractivity contribution in [1.29, 1.82) is 0 Å². The van der Waals surface area contributed by atoms with Gasteiger partial charge in [0.05, 0.1) is 6.04 Å². The summed E-state index contributed by atoms with van der Waals surface area (Å²) in [5, 5.41) is 4.23. The molecular formula is C17H21ClN2. The van der Waals surface area contributed by atoms with E-state index in [0.29, 0.717) is 6.54 Å². The van der Waals surface area contributed by atoms with E-state index >= 15 is 0 Å². The summed E-state index contributed by atoms with van der Waals surface area (Å²) in [4.78, 5) is 0. The van der Waals surface area contributed by atoms with Crippen LogP contribution in [-0.4, -0.2) is 6.54 Å². The van der Waals surface area contributed by atoms with Crippen LogP contribution in [0, 0.1) is 20.8 Å². The number of rotatable bonds is 4. The van der Waals surface area contributed by atoms with Crippen molar-refractivity contribution in [2.24, 2.45) is 5.73 Å². The highest BCUT2D eigenvalue weighted by atomic mass is 35.5. The standard InChI is InChI=1S/C17H21ClN2/c1-11-4-7-15(13(3)8-11)17(10-19)20-14-6-5-12(2)16(18)9-14/h4-9,17,20H,10,19H2,1-3H3. The van der Waals surface area contributed by atoms with E-state index in [9.17, 15) is 0 Å². The summed E-state index contributed by atoms with van der Waals surface area (Å²) in [5.41, 5.74) is 11.8. The molecule has 2 nitrogen and oxygen atoms in total. The summed E-state index contributed by atoms with van der Waals surface area (Å²) < 4.78 is 0. The molecule has 2 aromatic carbocycles. The van der Waals surface area contributed by atoms with Gasteiger partial charge in [-0.2, -0.15) is 0 Å². The van der Waals surface area contributed by atoms with Crippen molar-refractivity contribution in [3.05, 3.63) is 63.7 Å². The Labute approximate surface area is 126 Å². The summed E-state index contributed by atoms with van der Waals surface area (Å²) in [6, 6.07) is 12.5. The van der Waals surface area contributed by atoms with Gasteiger partial charge in [-0.1, -0.05) is 41.4 Å². The van der Waals surface area contributed by atoms with Crippen molar-refractivity contribution in [3.63, 3.8) is 0 Å². The normalized spacial score (nSPS) is 12.2. The van der Waals surface area contributed by atoms with Crippen molar-refractivity contribution in [1.82, 2.24) is 0 Å². The zero-order chi connectivity index (χ0) is 14.7. The molecule has 106 valence electrons. The molecule has 3 N–H and O–H groups in total. The Hall–Kier alpha value is -1.51. The van der Waals surface area contributed by atoms with Gasteiger partial charge in [-0.05, 0) is 49.6 Å². The summed E-state index contributed by atoms with van der Waals surface area (Å²) in [6.45, 7) is 6.75. The molecule has 0 saturated heterocycles. The Kier molecular flexibility index (Phi) is 4.69. The molecule has 0 aliphatic rings. The number of hydrogen-bond acceptors (Lipinski definition) is 2. The molecule has 3 heteroatoms. The van der Waals surface area contributed by atoms with Crippen LogP contribution >= 0.6 is 11.6 Å². The van der Waals surface area contributed by atoms with Crippen LogP contribution in [0.25, 0.3) is 0 Å². The van der Waals surface area contributed by atoms with Gasteiger partial charge in [0.1, 0.15) is 0 Å². The minimum absolute atomic E-state index is 0.0920. The van der Waals surface area contributed by atoms with Gasteiger partial charge in [-0.25, -0.2) is 0 Å². The molecule has 0 heterocycles. The van der Waals surface area contributed by atoms with E-state index in [2.05, 4.69) is 37.4 Å². The highest BCUT2D eigenvalue weighted by molar-refractivity contribution is 6.31. The van der Waals surface area contributed by atoms with Crippen LogP contribution in [0.5, 0.6) is 0 Å². The van der Waals surface area contributed by atoms with Gasteiger partial charge in [0.15, 0.2) is 0 Å². The van der Waals surface area contributed by atoms with E-state index in [1.165, 1.54) is 16.7 Å². The van der Waals surface area contributed by atoms with E-state index in [0.717, 1.165) is 16.3 Å². The van der Waals surface area contributed by atoms with Crippen LogP contribution in [0.2, 0.25) is 5.02 Å². The maximum atomic E-state index is 6.17. The van der Waals surface area contributed by atoms with E-state index < -0.39 is 0 Å². The number of nitrogens with one attached hydrogen (secondary N) is 1. The molecule has 0 spiro atoms. The average molecular weight is 289 g/mol. The zero-order valence-electron chi connectivity index (χ0n) is 12.2. The molecule has 1 unspecified atom stereocenters. The second kappa shape index (κ2) is 6.29. The van der Waals surface area contributed by atoms with Gasteiger partial charge in [0.2, 0.25) is 0 Å². The van der Waals surface area contributed by atoms with Crippen LogP contribution < -0.4 is 11.1 Å². The van der Waals surface area contributed by atoms with Crippen LogP contribution in [0.4, 0.5) is 5.69 Å². The fourth-order valence-corrected chi connectivity index (χ4v) is 2.54. The van der Waals surface area contributed by atoms with Crippen LogP contribution in [0.15, 0.2) is 36.4 Å². The third kappa shape index (κ3) is 3.33. The molecule has 0 amide bonds. The van der Waals surface area contributed by atoms with Gasteiger partial charge >= 0.3 is 0 Å². The molecule has 0 aliphatic carbocycles. The largest absolute Gasteiger partial charge is 0.377 e. The fraction of sp³-hybridized carbons (Fsp3) is 0.294. The number of benzene rings is 2. The van der Waals surface area contributed by atoms with Gasteiger partial charge in [-0.15, -0.1) is 0 Å².